The van der Waals surface area contributed by atoms with E-state index in [0.29, 0.717) is 12.1 Å². The van der Waals surface area contributed by atoms with Gasteiger partial charge in [0.05, 0.1) is 0 Å². The van der Waals surface area contributed by atoms with Crippen molar-refractivity contribution < 1.29 is 13.6 Å². The van der Waals surface area contributed by atoms with Crippen LogP contribution < -0.4 is 0 Å². The molecule has 2 nitrogen and oxygen atoms in total. The molecule has 0 unspecified atom stereocenters. The minimum atomic E-state index is -0.538. The van der Waals surface area contributed by atoms with Gasteiger partial charge in [0.15, 0.2) is 0 Å². The minimum Gasteiger partial charge on any atom is -0.300 e. The number of nitrogens with zero attached hydrogens (tertiary/aromatic N) is 1. The third-order valence-corrected chi connectivity index (χ3v) is 3.49. The summed E-state index contributed by atoms with van der Waals surface area (Å²) in [6.45, 7) is 3.78. The summed E-state index contributed by atoms with van der Waals surface area (Å²) >= 11 is 0. The Hall–Kier alpha value is -1.29. The highest BCUT2D eigenvalue weighted by molar-refractivity contribution is 5.78. The minimum absolute atomic E-state index is 0.158. The van der Waals surface area contributed by atoms with Crippen molar-refractivity contribution in [2.45, 2.75) is 26.3 Å². The Morgan fingerprint density at radius 2 is 1.78 bits per heavy atom. The molecule has 1 aliphatic heterocycles. The van der Waals surface area contributed by atoms with Crippen LogP contribution >= 0.6 is 0 Å². The van der Waals surface area contributed by atoms with E-state index in [2.05, 4.69) is 4.90 Å². The molecule has 0 N–H and O–H groups in total. The van der Waals surface area contributed by atoms with Crippen molar-refractivity contribution in [3.63, 3.8) is 0 Å². The van der Waals surface area contributed by atoms with Crippen LogP contribution in [-0.2, 0) is 11.3 Å². The maximum absolute atomic E-state index is 13.0. The normalized spacial score (nSPS) is 17.9. The fourth-order valence-corrected chi connectivity index (χ4v) is 2.46. The van der Waals surface area contributed by atoms with Gasteiger partial charge in [-0.3, -0.25) is 9.69 Å². The topological polar surface area (TPSA) is 20.3 Å². The number of hydrogen-bond donors (Lipinski definition) is 0. The quantitative estimate of drug-likeness (QED) is 0.825. The van der Waals surface area contributed by atoms with Gasteiger partial charge in [0.2, 0.25) is 0 Å². The molecule has 0 spiro atoms. The lowest BCUT2D eigenvalue weighted by atomic mass is 9.93. The fourth-order valence-electron chi connectivity index (χ4n) is 2.46. The molecule has 0 aromatic heterocycles. The van der Waals surface area contributed by atoms with Crippen LogP contribution in [0.15, 0.2) is 18.2 Å². The summed E-state index contributed by atoms with van der Waals surface area (Å²) in [6, 6.07) is 3.60. The molecule has 1 aromatic carbocycles. The largest absolute Gasteiger partial charge is 0.300 e. The Labute approximate surface area is 106 Å². The van der Waals surface area contributed by atoms with E-state index >= 15 is 0 Å². The predicted octanol–water partition coefficient (Wildman–Crippen LogP) is 2.77. The molecule has 1 aliphatic rings. The maximum atomic E-state index is 13.0. The third kappa shape index (κ3) is 3.35. The van der Waals surface area contributed by atoms with E-state index in [1.807, 2.05) is 0 Å². The molecule has 0 amide bonds. The highest BCUT2D eigenvalue weighted by Gasteiger charge is 2.22. The Bertz CT molecular complexity index is 419. The highest BCUT2D eigenvalue weighted by Crippen LogP contribution is 2.20. The highest BCUT2D eigenvalue weighted by atomic mass is 19.1. The first-order valence-electron chi connectivity index (χ1n) is 6.22. The molecule has 0 atom stereocenters. The van der Waals surface area contributed by atoms with E-state index in [1.165, 1.54) is 12.1 Å². The van der Waals surface area contributed by atoms with Gasteiger partial charge < -0.3 is 0 Å². The monoisotopic (exact) mass is 253 g/mol. The number of carbonyl (C=O) groups excluding carboxylic acids is 1. The second kappa shape index (κ2) is 5.57. The van der Waals surface area contributed by atoms with Crippen molar-refractivity contribution >= 4 is 5.78 Å². The molecule has 0 radical (unpaired) electrons. The Kier molecular flexibility index (Phi) is 4.07. The lowest BCUT2D eigenvalue weighted by Gasteiger charge is -2.30. The van der Waals surface area contributed by atoms with E-state index in [1.54, 1.807) is 6.92 Å². The van der Waals surface area contributed by atoms with Crippen molar-refractivity contribution in [3.05, 3.63) is 35.4 Å². The average Bonchev–Trinajstić information content (AvgIpc) is 2.28. The second-order valence-corrected chi connectivity index (χ2v) is 4.94. The lowest BCUT2D eigenvalue weighted by Crippen LogP contribution is -2.35. The molecule has 0 saturated carbocycles. The number of halogens is 2. The molecular formula is C14H17F2NO. The van der Waals surface area contributed by atoms with Crippen LogP contribution in [0.3, 0.4) is 0 Å². The van der Waals surface area contributed by atoms with Crippen LogP contribution in [0.4, 0.5) is 8.78 Å². The van der Waals surface area contributed by atoms with Crippen molar-refractivity contribution in [3.8, 4) is 0 Å². The van der Waals surface area contributed by atoms with Gasteiger partial charge >= 0.3 is 0 Å². The van der Waals surface area contributed by atoms with Crippen molar-refractivity contribution in [2.24, 2.45) is 5.92 Å². The zero-order valence-corrected chi connectivity index (χ0v) is 10.5. The van der Waals surface area contributed by atoms with Crippen molar-refractivity contribution in [2.75, 3.05) is 13.1 Å². The third-order valence-electron chi connectivity index (χ3n) is 3.49. The predicted molar refractivity (Wildman–Crippen MR) is 65.0 cm³/mol. The molecule has 1 fully saturated rings. The van der Waals surface area contributed by atoms with Crippen LogP contribution in [0.25, 0.3) is 0 Å². The molecule has 0 bridgehead atoms. The number of benzene rings is 1. The molecule has 1 saturated heterocycles. The molecule has 0 aliphatic carbocycles. The summed E-state index contributed by atoms with van der Waals surface area (Å²) in [6.07, 6.45) is 1.68. The molecule has 18 heavy (non-hydrogen) atoms. The number of hydrogen-bond acceptors (Lipinski definition) is 2. The van der Waals surface area contributed by atoms with Crippen molar-refractivity contribution in [1.29, 1.82) is 0 Å². The van der Waals surface area contributed by atoms with Gasteiger partial charge in [0.25, 0.3) is 0 Å². The van der Waals surface area contributed by atoms with E-state index in [0.717, 1.165) is 32.0 Å². The summed E-state index contributed by atoms with van der Waals surface area (Å²) in [4.78, 5) is 13.4. The summed E-state index contributed by atoms with van der Waals surface area (Å²) in [5.74, 6) is -0.677. The first kappa shape index (κ1) is 13.1. The van der Waals surface area contributed by atoms with Crippen LogP contribution in [0.5, 0.6) is 0 Å². The Balaban J connectivity index is 1.93. The molecular weight excluding hydrogens is 236 g/mol. The summed E-state index contributed by atoms with van der Waals surface area (Å²) in [5.41, 5.74) is 0.647. The van der Waals surface area contributed by atoms with Crippen LogP contribution in [0.2, 0.25) is 0 Å². The first-order valence-corrected chi connectivity index (χ1v) is 6.22. The molecule has 2 rings (SSSR count). The SMILES string of the molecule is CC(=O)C1CCN(Cc2cc(F)cc(F)c2)CC1. The number of Topliss-reactive ketones (excluding diaryl/α,β-unsaturated/α-hetero) is 1. The summed E-state index contributed by atoms with van der Waals surface area (Å²) in [5, 5.41) is 0. The molecule has 1 aromatic rings. The zero-order chi connectivity index (χ0) is 13.1. The van der Waals surface area contributed by atoms with Gasteiger partial charge in [-0.2, -0.15) is 0 Å². The molecule has 4 heteroatoms. The number of ketones is 1. The second-order valence-electron chi connectivity index (χ2n) is 4.94. The van der Waals surface area contributed by atoms with E-state index < -0.39 is 11.6 Å². The molecule has 1 heterocycles. The lowest BCUT2D eigenvalue weighted by molar-refractivity contribution is -0.122. The standard InChI is InChI=1S/C14H17F2NO/c1-10(18)12-2-4-17(5-3-12)9-11-6-13(15)8-14(16)7-11/h6-8,12H,2-5,9H2,1H3. The van der Waals surface area contributed by atoms with Gasteiger partial charge in [-0.05, 0) is 50.6 Å². The van der Waals surface area contributed by atoms with Crippen LogP contribution in [0.1, 0.15) is 25.3 Å². The van der Waals surface area contributed by atoms with Crippen LogP contribution in [-0.4, -0.2) is 23.8 Å². The van der Waals surface area contributed by atoms with Gasteiger partial charge in [0.1, 0.15) is 17.4 Å². The molecule has 98 valence electrons. The number of piperidine rings is 1. The zero-order valence-electron chi connectivity index (χ0n) is 10.5. The van der Waals surface area contributed by atoms with Crippen LogP contribution in [0, 0.1) is 17.6 Å². The average molecular weight is 253 g/mol. The fraction of sp³-hybridized carbons (Fsp3) is 0.500. The van der Waals surface area contributed by atoms with Crippen molar-refractivity contribution in [1.82, 2.24) is 4.90 Å². The number of carbonyl (C=O) groups is 1. The van der Waals surface area contributed by atoms with Gasteiger partial charge in [-0.25, -0.2) is 8.78 Å². The summed E-state index contributed by atoms with van der Waals surface area (Å²) in [7, 11) is 0. The van der Waals surface area contributed by atoms with E-state index in [4.69, 9.17) is 0 Å². The Morgan fingerprint density at radius 1 is 1.22 bits per heavy atom. The first-order chi connectivity index (χ1) is 8.54. The van der Waals surface area contributed by atoms with E-state index in [-0.39, 0.29) is 11.7 Å². The summed E-state index contributed by atoms with van der Waals surface area (Å²) < 4.78 is 26.1. The van der Waals surface area contributed by atoms with Gasteiger partial charge in [0, 0.05) is 18.5 Å². The number of rotatable bonds is 3. The van der Waals surface area contributed by atoms with Gasteiger partial charge in [-0.1, -0.05) is 0 Å². The smallest absolute Gasteiger partial charge is 0.133 e. The van der Waals surface area contributed by atoms with Gasteiger partial charge in [-0.15, -0.1) is 0 Å². The number of likely N-dealkylation sites (tertiary alicyclic amines) is 1. The Morgan fingerprint density at radius 3 is 2.28 bits per heavy atom. The maximum Gasteiger partial charge on any atom is 0.133 e. The van der Waals surface area contributed by atoms with E-state index in [9.17, 15) is 13.6 Å².